The number of hydrogen-bond acceptors (Lipinski definition) is 5. The number of nitrogens with one attached hydrogen (secondary N) is 1. The Morgan fingerprint density at radius 2 is 2.26 bits per heavy atom. The summed E-state index contributed by atoms with van der Waals surface area (Å²) in [4.78, 5) is 36.6. The zero-order valence-electron chi connectivity index (χ0n) is 10.6. The number of rotatable bonds is 3. The Morgan fingerprint density at radius 3 is 2.89 bits per heavy atom. The molecule has 1 aromatic rings. The number of thioether (sulfide) groups is 1. The quantitative estimate of drug-likeness (QED) is 0.670. The van der Waals surface area contributed by atoms with Gasteiger partial charge in [-0.05, 0) is 25.3 Å². The lowest BCUT2D eigenvalue weighted by Crippen LogP contribution is -2.65. The Morgan fingerprint density at radius 1 is 1.53 bits per heavy atom. The van der Waals surface area contributed by atoms with Crippen LogP contribution >= 0.6 is 23.1 Å². The number of carbonyl (C=O) groups is 3. The fourth-order valence-electron chi connectivity index (χ4n) is 1.74. The van der Waals surface area contributed by atoms with Crippen LogP contribution in [0.2, 0.25) is 0 Å². The highest BCUT2D eigenvalue weighted by Crippen LogP contribution is 2.25. The first kappa shape index (κ1) is 14.1. The summed E-state index contributed by atoms with van der Waals surface area (Å²) in [6, 6.07) is 3.85. The average molecular weight is 298 g/mol. The number of piperazine rings is 1. The van der Waals surface area contributed by atoms with Crippen molar-refractivity contribution in [2.45, 2.75) is 23.6 Å². The lowest BCUT2D eigenvalue weighted by molar-refractivity contribution is -0.154. The predicted octanol–water partition coefficient (Wildman–Crippen LogP) is 1.10. The van der Waals surface area contributed by atoms with Crippen molar-refractivity contribution in [3.8, 4) is 0 Å². The van der Waals surface area contributed by atoms with E-state index in [0.717, 1.165) is 4.21 Å². The molecule has 2 heterocycles. The third kappa shape index (κ3) is 2.98. The summed E-state index contributed by atoms with van der Waals surface area (Å²) in [5, 5.41) is 4.19. The standard InChI is InChI=1S/C12H14N2O3S2/c1-12(2)11(17)13-8(15)6-14(12)9(16)7-19-10-4-3-5-18-10/h3-5H,6-7H2,1-2H3,(H,13,15,17). The summed E-state index contributed by atoms with van der Waals surface area (Å²) < 4.78 is 1.04. The molecule has 0 aromatic carbocycles. The van der Waals surface area contributed by atoms with Gasteiger partial charge in [-0.1, -0.05) is 6.07 Å². The average Bonchev–Trinajstić information content (AvgIpc) is 2.84. The van der Waals surface area contributed by atoms with Crippen molar-refractivity contribution in [3.63, 3.8) is 0 Å². The summed E-state index contributed by atoms with van der Waals surface area (Å²) in [6.07, 6.45) is 0. The van der Waals surface area contributed by atoms with Gasteiger partial charge in [0.05, 0.1) is 9.96 Å². The number of nitrogens with zero attached hydrogens (tertiary/aromatic N) is 1. The first-order valence-electron chi connectivity index (χ1n) is 5.72. The van der Waals surface area contributed by atoms with E-state index in [2.05, 4.69) is 5.32 Å². The van der Waals surface area contributed by atoms with Gasteiger partial charge in [0.1, 0.15) is 12.1 Å². The topological polar surface area (TPSA) is 66.5 Å². The van der Waals surface area contributed by atoms with Crippen LogP contribution in [0.15, 0.2) is 21.7 Å². The second-order valence-electron chi connectivity index (χ2n) is 4.64. The van der Waals surface area contributed by atoms with Gasteiger partial charge >= 0.3 is 0 Å². The molecule has 7 heteroatoms. The predicted molar refractivity (Wildman–Crippen MR) is 74.0 cm³/mol. The van der Waals surface area contributed by atoms with E-state index in [1.54, 1.807) is 25.2 Å². The fourth-order valence-corrected chi connectivity index (χ4v) is 3.40. The minimum atomic E-state index is -0.985. The molecule has 102 valence electrons. The number of imide groups is 1. The molecule has 0 radical (unpaired) electrons. The SMILES string of the molecule is CC1(C)C(=O)NC(=O)CN1C(=O)CSc1cccs1. The highest BCUT2D eigenvalue weighted by atomic mass is 32.2. The molecular formula is C12H14N2O3S2. The maximum absolute atomic E-state index is 12.2. The molecule has 1 fully saturated rings. The molecule has 0 bridgehead atoms. The van der Waals surface area contributed by atoms with Gasteiger partial charge < -0.3 is 4.90 Å². The molecule has 0 atom stereocenters. The Bertz CT molecular complexity index is 511. The molecule has 0 unspecified atom stereocenters. The fraction of sp³-hybridized carbons (Fsp3) is 0.417. The summed E-state index contributed by atoms with van der Waals surface area (Å²) >= 11 is 2.97. The summed E-state index contributed by atoms with van der Waals surface area (Å²) in [5.74, 6) is -0.839. The number of hydrogen-bond donors (Lipinski definition) is 1. The van der Waals surface area contributed by atoms with E-state index in [1.165, 1.54) is 16.7 Å². The summed E-state index contributed by atoms with van der Waals surface area (Å²) in [7, 11) is 0. The summed E-state index contributed by atoms with van der Waals surface area (Å²) in [5.41, 5.74) is -0.985. The third-order valence-electron chi connectivity index (χ3n) is 2.92. The zero-order chi connectivity index (χ0) is 14.0. The van der Waals surface area contributed by atoms with Crippen molar-refractivity contribution < 1.29 is 14.4 Å². The number of carbonyl (C=O) groups excluding carboxylic acids is 3. The molecule has 19 heavy (non-hydrogen) atoms. The monoisotopic (exact) mass is 298 g/mol. The minimum Gasteiger partial charge on any atom is -0.318 e. The molecule has 1 saturated heterocycles. The molecule has 5 nitrogen and oxygen atoms in total. The highest BCUT2D eigenvalue weighted by molar-refractivity contribution is 8.01. The lowest BCUT2D eigenvalue weighted by atomic mass is 9.99. The van der Waals surface area contributed by atoms with E-state index >= 15 is 0 Å². The second kappa shape index (κ2) is 5.34. The van der Waals surface area contributed by atoms with Crippen molar-refractivity contribution in [2.24, 2.45) is 0 Å². The first-order chi connectivity index (χ1) is 8.91. The van der Waals surface area contributed by atoms with Crippen molar-refractivity contribution >= 4 is 40.8 Å². The molecule has 0 aliphatic carbocycles. The summed E-state index contributed by atoms with van der Waals surface area (Å²) in [6.45, 7) is 3.22. The van der Waals surface area contributed by atoms with Crippen LogP contribution in [0.5, 0.6) is 0 Å². The number of amides is 3. The van der Waals surface area contributed by atoms with Crippen LogP contribution in [0, 0.1) is 0 Å². The van der Waals surface area contributed by atoms with Gasteiger partial charge in [-0.15, -0.1) is 23.1 Å². The van der Waals surface area contributed by atoms with Gasteiger partial charge in [-0.2, -0.15) is 0 Å². The molecule has 1 aliphatic heterocycles. The van der Waals surface area contributed by atoms with E-state index in [-0.39, 0.29) is 18.2 Å². The normalized spacial score (nSPS) is 18.3. The van der Waals surface area contributed by atoms with Crippen LogP contribution in [-0.4, -0.2) is 40.5 Å². The maximum atomic E-state index is 12.2. The number of thiophene rings is 1. The smallest absolute Gasteiger partial charge is 0.252 e. The Kier molecular flexibility index (Phi) is 3.96. The highest BCUT2D eigenvalue weighted by Gasteiger charge is 2.43. The first-order valence-corrected chi connectivity index (χ1v) is 7.59. The van der Waals surface area contributed by atoms with Gasteiger partial charge in [0.25, 0.3) is 5.91 Å². The molecule has 1 N–H and O–H groups in total. The van der Waals surface area contributed by atoms with Crippen molar-refractivity contribution in [1.29, 1.82) is 0 Å². The van der Waals surface area contributed by atoms with E-state index in [0.29, 0.717) is 0 Å². The van der Waals surface area contributed by atoms with Gasteiger partial charge in [-0.25, -0.2) is 0 Å². The maximum Gasteiger partial charge on any atom is 0.252 e. The minimum absolute atomic E-state index is 0.0669. The van der Waals surface area contributed by atoms with Gasteiger partial charge in [0.2, 0.25) is 11.8 Å². The molecule has 1 aliphatic rings. The van der Waals surface area contributed by atoms with E-state index in [9.17, 15) is 14.4 Å². The largest absolute Gasteiger partial charge is 0.318 e. The van der Waals surface area contributed by atoms with E-state index in [1.807, 2.05) is 17.5 Å². The lowest BCUT2D eigenvalue weighted by Gasteiger charge is -2.40. The molecular weight excluding hydrogens is 284 g/mol. The van der Waals surface area contributed by atoms with Crippen LogP contribution in [0.25, 0.3) is 0 Å². The van der Waals surface area contributed by atoms with E-state index < -0.39 is 17.4 Å². The van der Waals surface area contributed by atoms with Gasteiger partial charge in [-0.3, -0.25) is 19.7 Å². The van der Waals surface area contributed by atoms with Crippen LogP contribution in [-0.2, 0) is 14.4 Å². The molecule has 3 amide bonds. The van der Waals surface area contributed by atoms with Crippen molar-refractivity contribution in [2.75, 3.05) is 12.3 Å². The van der Waals surface area contributed by atoms with Gasteiger partial charge in [0, 0.05) is 0 Å². The van der Waals surface area contributed by atoms with Crippen LogP contribution in [0.3, 0.4) is 0 Å². The molecule has 0 saturated carbocycles. The van der Waals surface area contributed by atoms with Gasteiger partial charge in [0.15, 0.2) is 0 Å². The Hall–Kier alpha value is -1.34. The zero-order valence-corrected chi connectivity index (χ0v) is 12.3. The Balaban J connectivity index is 2.04. The van der Waals surface area contributed by atoms with Crippen LogP contribution < -0.4 is 5.32 Å². The third-order valence-corrected chi connectivity index (χ3v) is 5.03. The second-order valence-corrected chi connectivity index (χ2v) is 6.86. The van der Waals surface area contributed by atoms with E-state index in [4.69, 9.17) is 0 Å². The van der Waals surface area contributed by atoms with Crippen LogP contribution in [0.4, 0.5) is 0 Å². The Labute approximate surface area is 119 Å². The molecule has 2 rings (SSSR count). The molecule has 1 aromatic heterocycles. The van der Waals surface area contributed by atoms with Crippen LogP contribution in [0.1, 0.15) is 13.8 Å². The molecule has 0 spiro atoms. The van der Waals surface area contributed by atoms with Crippen molar-refractivity contribution in [3.05, 3.63) is 17.5 Å². The van der Waals surface area contributed by atoms with Crippen molar-refractivity contribution in [1.82, 2.24) is 10.2 Å².